The number of nitrogens with zero attached hydrogens (tertiary/aromatic N) is 1. The third-order valence-corrected chi connectivity index (χ3v) is 4.18. The lowest BCUT2D eigenvalue weighted by molar-refractivity contribution is 0.230. The Balaban J connectivity index is 1.58. The van der Waals surface area contributed by atoms with E-state index in [1.807, 2.05) is 32.9 Å². The van der Waals surface area contributed by atoms with Gasteiger partial charge >= 0.3 is 6.03 Å². The molecule has 0 aliphatic carbocycles. The Morgan fingerprint density at radius 3 is 2.96 bits per heavy atom. The predicted octanol–water partition coefficient (Wildman–Crippen LogP) is 2.79. The number of hydrogen-bond donors (Lipinski definition) is 2. The molecular weight excluding hydrogens is 294 g/mol. The molecule has 0 saturated heterocycles. The molecule has 6 nitrogen and oxygen atoms in total. The summed E-state index contributed by atoms with van der Waals surface area (Å²) >= 11 is 0. The number of rotatable bonds is 4. The van der Waals surface area contributed by atoms with Crippen LogP contribution in [0.4, 0.5) is 4.79 Å². The minimum absolute atomic E-state index is 0.134. The van der Waals surface area contributed by atoms with Crippen LogP contribution in [-0.2, 0) is 13.0 Å². The summed E-state index contributed by atoms with van der Waals surface area (Å²) in [4.78, 5) is 12.1. The van der Waals surface area contributed by atoms with E-state index in [0.717, 1.165) is 29.0 Å². The quantitative estimate of drug-likeness (QED) is 0.909. The Bertz CT molecular complexity index is 724. The van der Waals surface area contributed by atoms with E-state index in [0.29, 0.717) is 18.9 Å². The van der Waals surface area contributed by atoms with Gasteiger partial charge in [0.1, 0.15) is 12.4 Å². The van der Waals surface area contributed by atoms with Crippen molar-refractivity contribution in [2.75, 3.05) is 6.61 Å². The van der Waals surface area contributed by atoms with Gasteiger partial charge in [0.2, 0.25) is 0 Å². The Labute approximate surface area is 135 Å². The summed E-state index contributed by atoms with van der Waals surface area (Å²) in [5, 5.41) is 9.61. The number of urea groups is 1. The SMILES string of the molecule is CCc1cc(CNC(=O)N[C@H]2COc3c2ccc(C)c3C)on1. The highest BCUT2D eigenvalue weighted by Gasteiger charge is 2.27. The summed E-state index contributed by atoms with van der Waals surface area (Å²) in [7, 11) is 0. The fourth-order valence-electron chi connectivity index (χ4n) is 2.64. The number of benzene rings is 1. The number of fused-ring (bicyclic) bond motifs is 1. The van der Waals surface area contributed by atoms with Crippen molar-refractivity contribution in [3.63, 3.8) is 0 Å². The van der Waals surface area contributed by atoms with Gasteiger partial charge in [0.25, 0.3) is 0 Å². The van der Waals surface area contributed by atoms with Gasteiger partial charge in [-0.15, -0.1) is 0 Å². The van der Waals surface area contributed by atoms with Gasteiger partial charge in [-0.2, -0.15) is 0 Å². The standard InChI is InChI=1S/C17H21N3O3/c1-4-12-7-13(23-20-12)8-18-17(21)19-15-9-22-16-11(3)10(2)5-6-14(15)16/h5-7,15H,4,8-9H2,1-3H3,(H2,18,19,21)/t15-/m0/s1. The predicted molar refractivity (Wildman–Crippen MR) is 85.4 cm³/mol. The summed E-state index contributed by atoms with van der Waals surface area (Å²) in [6.07, 6.45) is 0.810. The van der Waals surface area contributed by atoms with Crippen LogP contribution in [0.3, 0.4) is 0 Å². The van der Waals surface area contributed by atoms with Crippen LogP contribution in [0.25, 0.3) is 0 Å². The number of ether oxygens (including phenoxy) is 1. The molecule has 0 unspecified atom stereocenters. The zero-order valence-electron chi connectivity index (χ0n) is 13.6. The first-order valence-corrected chi connectivity index (χ1v) is 7.80. The molecule has 3 rings (SSSR count). The Morgan fingerprint density at radius 2 is 2.22 bits per heavy atom. The normalized spacial score (nSPS) is 15.9. The van der Waals surface area contributed by atoms with E-state index in [1.165, 1.54) is 5.56 Å². The maximum absolute atomic E-state index is 12.1. The largest absolute Gasteiger partial charge is 0.490 e. The molecule has 1 aliphatic rings. The minimum Gasteiger partial charge on any atom is -0.490 e. The molecule has 0 saturated carbocycles. The molecule has 0 spiro atoms. The molecule has 2 aromatic rings. The van der Waals surface area contributed by atoms with Crippen molar-refractivity contribution < 1.29 is 14.1 Å². The zero-order chi connectivity index (χ0) is 16.4. The number of carbonyl (C=O) groups is 1. The lowest BCUT2D eigenvalue weighted by Crippen LogP contribution is -2.38. The summed E-state index contributed by atoms with van der Waals surface area (Å²) < 4.78 is 10.9. The lowest BCUT2D eigenvalue weighted by atomic mass is 10.0. The summed E-state index contributed by atoms with van der Waals surface area (Å²) in [5.74, 6) is 1.53. The van der Waals surface area contributed by atoms with Crippen molar-refractivity contribution in [2.24, 2.45) is 0 Å². The van der Waals surface area contributed by atoms with E-state index in [2.05, 4.69) is 21.9 Å². The van der Waals surface area contributed by atoms with Crippen LogP contribution in [0.5, 0.6) is 5.75 Å². The maximum Gasteiger partial charge on any atom is 0.315 e. The molecule has 122 valence electrons. The topological polar surface area (TPSA) is 76.4 Å². The van der Waals surface area contributed by atoms with Gasteiger partial charge < -0.3 is 19.9 Å². The van der Waals surface area contributed by atoms with Crippen LogP contribution in [0.1, 0.15) is 41.1 Å². The van der Waals surface area contributed by atoms with Crippen molar-refractivity contribution >= 4 is 6.03 Å². The van der Waals surface area contributed by atoms with Crippen molar-refractivity contribution in [1.29, 1.82) is 0 Å². The van der Waals surface area contributed by atoms with Crippen LogP contribution in [0.2, 0.25) is 0 Å². The fraction of sp³-hybridized carbons (Fsp3) is 0.412. The Kier molecular flexibility index (Phi) is 4.23. The first kappa shape index (κ1) is 15.4. The van der Waals surface area contributed by atoms with Crippen LogP contribution in [-0.4, -0.2) is 17.8 Å². The third kappa shape index (κ3) is 3.16. The Hall–Kier alpha value is -2.50. The molecule has 2 heterocycles. The molecule has 6 heteroatoms. The van der Waals surface area contributed by atoms with Gasteiger partial charge in [-0.25, -0.2) is 4.79 Å². The zero-order valence-corrected chi connectivity index (χ0v) is 13.6. The van der Waals surface area contributed by atoms with Crippen LogP contribution >= 0.6 is 0 Å². The molecule has 2 N–H and O–H groups in total. The highest BCUT2D eigenvalue weighted by molar-refractivity contribution is 5.74. The van der Waals surface area contributed by atoms with Gasteiger partial charge in [0, 0.05) is 11.6 Å². The molecular formula is C17H21N3O3. The second kappa shape index (κ2) is 6.32. The second-order valence-electron chi connectivity index (χ2n) is 5.75. The van der Waals surface area contributed by atoms with Crippen molar-refractivity contribution in [3.8, 4) is 5.75 Å². The van der Waals surface area contributed by atoms with Gasteiger partial charge in [-0.05, 0) is 31.4 Å². The van der Waals surface area contributed by atoms with Crippen LogP contribution in [0, 0.1) is 13.8 Å². The summed E-state index contributed by atoms with van der Waals surface area (Å²) in [5.41, 5.74) is 4.22. The molecule has 0 radical (unpaired) electrons. The molecule has 1 aromatic heterocycles. The highest BCUT2D eigenvalue weighted by Crippen LogP contribution is 2.36. The van der Waals surface area contributed by atoms with E-state index < -0.39 is 0 Å². The first-order valence-electron chi connectivity index (χ1n) is 7.80. The average molecular weight is 315 g/mol. The molecule has 1 atom stereocenters. The van der Waals surface area contributed by atoms with Crippen molar-refractivity contribution in [1.82, 2.24) is 15.8 Å². The van der Waals surface area contributed by atoms with Gasteiger partial charge in [-0.3, -0.25) is 0 Å². The molecule has 1 aliphatic heterocycles. The minimum atomic E-state index is -0.251. The van der Waals surface area contributed by atoms with Crippen LogP contribution in [0.15, 0.2) is 22.7 Å². The second-order valence-corrected chi connectivity index (χ2v) is 5.75. The molecule has 0 fully saturated rings. The third-order valence-electron chi connectivity index (χ3n) is 4.18. The number of amides is 2. The fourth-order valence-corrected chi connectivity index (χ4v) is 2.64. The number of aromatic nitrogens is 1. The monoisotopic (exact) mass is 315 g/mol. The molecule has 0 bridgehead atoms. The van der Waals surface area contributed by atoms with Crippen LogP contribution < -0.4 is 15.4 Å². The summed E-state index contributed by atoms with van der Waals surface area (Å²) in [6, 6.07) is 5.53. The number of hydrogen-bond acceptors (Lipinski definition) is 4. The average Bonchev–Trinajstić information content (AvgIpc) is 3.16. The van der Waals surface area contributed by atoms with E-state index in [-0.39, 0.29) is 12.1 Å². The maximum atomic E-state index is 12.1. The first-order chi connectivity index (χ1) is 11.1. The number of carbonyl (C=O) groups excluding carboxylic acids is 1. The number of aryl methyl sites for hydroxylation is 2. The Morgan fingerprint density at radius 1 is 1.39 bits per heavy atom. The smallest absolute Gasteiger partial charge is 0.315 e. The van der Waals surface area contributed by atoms with E-state index in [4.69, 9.17) is 9.26 Å². The van der Waals surface area contributed by atoms with E-state index in [1.54, 1.807) is 0 Å². The van der Waals surface area contributed by atoms with E-state index >= 15 is 0 Å². The van der Waals surface area contributed by atoms with Gasteiger partial charge in [0.15, 0.2) is 5.76 Å². The molecule has 2 amide bonds. The highest BCUT2D eigenvalue weighted by atomic mass is 16.5. The number of nitrogens with one attached hydrogen (secondary N) is 2. The molecule has 1 aromatic carbocycles. The van der Waals surface area contributed by atoms with E-state index in [9.17, 15) is 4.79 Å². The lowest BCUT2D eigenvalue weighted by Gasteiger charge is -2.12. The van der Waals surface area contributed by atoms with Gasteiger partial charge in [0.05, 0.1) is 18.3 Å². The van der Waals surface area contributed by atoms with Gasteiger partial charge in [-0.1, -0.05) is 24.2 Å². The van der Waals surface area contributed by atoms with Crippen molar-refractivity contribution in [3.05, 3.63) is 46.3 Å². The molecule has 23 heavy (non-hydrogen) atoms. The van der Waals surface area contributed by atoms with Crippen molar-refractivity contribution in [2.45, 2.75) is 39.8 Å². The summed E-state index contributed by atoms with van der Waals surface area (Å²) in [6.45, 7) is 6.85.